The van der Waals surface area contributed by atoms with E-state index in [1.165, 1.54) is 5.56 Å². The second-order valence-electron chi connectivity index (χ2n) is 4.47. The number of aromatic nitrogens is 2. The van der Waals surface area contributed by atoms with E-state index in [9.17, 15) is 0 Å². The predicted octanol–water partition coefficient (Wildman–Crippen LogP) is 2.80. The molecule has 19 heavy (non-hydrogen) atoms. The molecule has 0 spiro atoms. The maximum absolute atomic E-state index is 8.56. The van der Waals surface area contributed by atoms with Gasteiger partial charge in [0, 0.05) is 19.2 Å². The number of nitriles is 1. The van der Waals surface area contributed by atoms with Crippen molar-refractivity contribution in [3.8, 4) is 17.3 Å². The van der Waals surface area contributed by atoms with Crippen LogP contribution in [0.25, 0.3) is 11.3 Å². The quantitative estimate of drug-likeness (QED) is 0.839. The topological polar surface area (TPSA) is 52.8 Å². The molecule has 1 heterocycles. The Morgan fingerprint density at radius 2 is 1.84 bits per heavy atom. The fraction of sp³-hybridized carbons (Fsp3) is 0.267. The highest BCUT2D eigenvalue weighted by molar-refractivity contribution is 5.60. The second kappa shape index (κ2) is 5.96. The number of hydrogen-bond donors (Lipinski definition) is 0. The third-order valence-corrected chi connectivity index (χ3v) is 2.95. The molecule has 0 aliphatic rings. The lowest BCUT2D eigenvalue weighted by atomic mass is 10.1. The highest BCUT2D eigenvalue weighted by Gasteiger charge is 2.04. The van der Waals surface area contributed by atoms with Crippen LogP contribution in [0.1, 0.15) is 12.0 Å². The van der Waals surface area contributed by atoms with Crippen LogP contribution >= 0.6 is 0 Å². The van der Waals surface area contributed by atoms with E-state index in [-0.39, 0.29) is 0 Å². The fourth-order valence-electron chi connectivity index (χ4n) is 1.74. The first-order valence-corrected chi connectivity index (χ1v) is 6.19. The lowest BCUT2D eigenvalue weighted by Gasteiger charge is -2.15. The smallest absolute Gasteiger partial charge is 0.151 e. The predicted molar refractivity (Wildman–Crippen MR) is 75.7 cm³/mol. The van der Waals surface area contributed by atoms with Crippen molar-refractivity contribution in [2.75, 3.05) is 18.5 Å². The molecule has 0 amide bonds. The molecule has 96 valence electrons. The summed E-state index contributed by atoms with van der Waals surface area (Å²) in [5, 5.41) is 17.0. The number of aryl methyl sites for hydroxylation is 1. The Morgan fingerprint density at radius 3 is 2.42 bits per heavy atom. The van der Waals surface area contributed by atoms with Gasteiger partial charge >= 0.3 is 0 Å². The molecule has 0 saturated heterocycles. The largest absolute Gasteiger partial charge is 0.357 e. The average Bonchev–Trinajstić information content (AvgIpc) is 2.46. The summed E-state index contributed by atoms with van der Waals surface area (Å²) in [5.41, 5.74) is 3.14. The lowest BCUT2D eigenvalue weighted by molar-refractivity contribution is 0.860. The Morgan fingerprint density at radius 1 is 1.11 bits per heavy atom. The number of anilines is 1. The minimum Gasteiger partial charge on any atom is -0.357 e. The van der Waals surface area contributed by atoms with Crippen LogP contribution in [0.3, 0.4) is 0 Å². The summed E-state index contributed by atoms with van der Waals surface area (Å²) in [7, 11) is 1.91. The zero-order valence-corrected chi connectivity index (χ0v) is 11.2. The van der Waals surface area contributed by atoms with Crippen LogP contribution in [-0.4, -0.2) is 23.8 Å². The van der Waals surface area contributed by atoms with Crippen LogP contribution in [0.4, 0.5) is 5.82 Å². The normalized spacial score (nSPS) is 9.95. The van der Waals surface area contributed by atoms with E-state index in [0.29, 0.717) is 13.0 Å². The summed E-state index contributed by atoms with van der Waals surface area (Å²) in [6, 6.07) is 14.2. The molecule has 0 unspecified atom stereocenters. The van der Waals surface area contributed by atoms with E-state index in [2.05, 4.69) is 35.3 Å². The van der Waals surface area contributed by atoms with E-state index >= 15 is 0 Å². The number of hydrogen-bond acceptors (Lipinski definition) is 4. The van der Waals surface area contributed by atoms with E-state index in [0.717, 1.165) is 17.1 Å². The number of benzene rings is 1. The van der Waals surface area contributed by atoms with Crippen molar-refractivity contribution in [1.29, 1.82) is 5.26 Å². The fourth-order valence-corrected chi connectivity index (χ4v) is 1.74. The van der Waals surface area contributed by atoms with Gasteiger partial charge in [0.05, 0.1) is 18.2 Å². The molecule has 2 aromatic rings. The van der Waals surface area contributed by atoms with Gasteiger partial charge in [0.15, 0.2) is 5.82 Å². The van der Waals surface area contributed by atoms with Gasteiger partial charge in [-0.15, -0.1) is 10.2 Å². The SMILES string of the molecule is Cc1ccc(-c2ccc(N(C)CCC#N)nn2)cc1. The number of rotatable bonds is 4. The summed E-state index contributed by atoms with van der Waals surface area (Å²) < 4.78 is 0. The summed E-state index contributed by atoms with van der Waals surface area (Å²) >= 11 is 0. The van der Waals surface area contributed by atoms with Crippen LogP contribution in [-0.2, 0) is 0 Å². The van der Waals surface area contributed by atoms with Gasteiger partial charge in [-0.1, -0.05) is 29.8 Å². The van der Waals surface area contributed by atoms with Crippen LogP contribution in [0, 0.1) is 18.3 Å². The van der Waals surface area contributed by atoms with Gasteiger partial charge in [0.1, 0.15) is 0 Å². The van der Waals surface area contributed by atoms with Gasteiger partial charge in [0.25, 0.3) is 0 Å². The van der Waals surface area contributed by atoms with E-state index in [4.69, 9.17) is 5.26 Å². The molecular weight excluding hydrogens is 236 g/mol. The molecule has 0 saturated carbocycles. The molecule has 2 rings (SSSR count). The molecule has 0 aliphatic carbocycles. The second-order valence-corrected chi connectivity index (χ2v) is 4.47. The molecule has 0 bridgehead atoms. The van der Waals surface area contributed by atoms with Crippen molar-refractivity contribution in [1.82, 2.24) is 10.2 Å². The monoisotopic (exact) mass is 252 g/mol. The summed E-state index contributed by atoms with van der Waals surface area (Å²) in [4.78, 5) is 1.93. The van der Waals surface area contributed by atoms with Crippen LogP contribution in [0.15, 0.2) is 36.4 Å². The first kappa shape index (κ1) is 13.0. The highest BCUT2D eigenvalue weighted by Crippen LogP contribution is 2.18. The Kier molecular flexibility index (Phi) is 4.09. The Hall–Kier alpha value is -2.41. The van der Waals surface area contributed by atoms with Gasteiger partial charge in [-0.25, -0.2) is 0 Å². The zero-order valence-electron chi connectivity index (χ0n) is 11.2. The van der Waals surface area contributed by atoms with Crippen LogP contribution in [0.2, 0.25) is 0 Å². The summed E-state index contributed by atoms with van der Waals surface area (Å²) in [6.07, 6.45) is 0.484. The highest BCUT2D eigenvalue weighted by atomic mass is 15.2. The molecule has 0 atom stereocenters. The maximum atomic E-state index is 8.56. The first-order chi connectivity index (χ1) is 9.20. The molecule has 0 aliphatic heterocycles. The van der Waals surface area contributed by atoms with Crippen molar-refractivity contribution >= 4 is 5.82 Å². The molecule has 0 fully saturated rings. The third-order valence-electron chi connectivity index (χ3n) is 2.95. The Labute approximate surface area is 113 Å². The van der Waals surface area contributed by atoms with Gasteiger partial charge in [-0.2, -0.15) is 5.26 Å². The van der Waals surface area contributed by atoms with Gasteiger partial charge in [-0.3, -0.25) is 0 Å². The van der Waals surface area contributed by atoms with Crippen LogP contribution in [0.5, 0.6) is 0 Å². The van der Waals surface area contributed by atoms with Crippen molar-refractivity contribution < 1.29 is 0 Å². The van der Waals surface area contributed by atoms with Crippen LogP contribution < -0.4 is 4.90 Å². The molecule has 4 heteroatoms. The Bertz CT molecular complexity index is 567. The third kappa shape index (κ3) is 3.29. The summed E-state index contributed by atoms with van der Waals surface area (Å²) in [6.45, 7) is 2.72. The van der Waals surface area contributed by atoms with Gasteiger partial charge in [0.2, 0.25) is 0 Å². The molecule has 1 aromatic carbocycles. The lowest BCUT2D eigenvalue weighted by Crippen LogP contribution is -2.19. The number of nitrogens with zero attached hydrogens (tertiary/aromatic N) is 4. The standard InChI is InChI=1S/C15H16N4/c1-12-4-6-13(7-5-12)14-8-9-15(18-17-14)19(2)11-3-10-16/h4-9H,3,11H2,1-2H3. The summed E-state index contributed by atoms with van der Waals surface area (Å²) in [5.74, 6) is 0.783. The minimum absolute atomic E-state index is 0.484. The molecule has 0 N–H and O–H groups in total. The maximum Gasteiger partial charge on any atom is 0.151 e. The van der Waals surface area contributed by atoms with Crippen molar-refractivity contribution in [2.45, 2.75) is 13.3 Å². The molecule has 1 aromatic heterocycles. The van der Waals surface area contributed by atoms with Crippen molar-refractivity contribution in [2.24, 2.45) is 0 Å². The Balaban J connectivity index is 2.14. The zero-order chi connectivity index (χ0) is 13.7. The van der Waals surface area contributed by atoms with Gasteiger partial charge < -0.3 is 4.90 Å². The van der Waals surface area contributed by atoms with E-state index < -0.39 is 0 Å². The molecular formula is C15H16N4. The minimum atomic E-state index is 0.484. The van der Waals surface area contributed by atoms with E-state index in [1.807, 2.05) is 36.2 Å². The molecule has 4 nitrogen and oxygen atoms in total. The van der Waals surface area contributed by atoms with E-state index in [1.54, 1.807) is 0 Å². The average molecular weight is 252 g/mol. The van der Waals surface area contributed by atoms with Crippen molar-refractivity contribution in [3.63, 3.8) is 0 Å². The van der Waals surface area contributed by atoms with Gasteiger partial charge in [-0.05, 0) is 19.1 Å². The molecule has 0 radical (unpaired) electrons. The van der Waals surface area contributed by atoms with Crippen molar-refractivity contribution in [3.05, 3.63) is 42.0 Å². The first-order valence-electron chi connectivity index (χ1n) is 6.19.